The summed E-state index contributed by atoms with van der Waals surface area (Å²) in [6.45, 7) is 6.02. The van der Waals surface area contributed by atoms with Gasteiger partial charge in [-0.2, -0.15) is 0 Å². The molecule has 0 saturated carbocycles. The molecule has 21 heavy (non-hydrogen) atoms. The lowest BCUT2D eigenvalue weighted by Gasteiger charge is -2.19. The van der Waals surface area contributed by atoms with Gasteiger partial charge in [0.15, 0.2) is 0 Å². The van der Waals surface area contributed by atoms with Gasteiger partial charge in [-0.15, -0.1) is 0 Å². The molecule has 118 valence electrons. The normalized spacial score (nSPS) is 12.7. The van der Waals surface area contributed by atoms with Gasteiger partial charge in [0.25, 0.3) is 0 Å². The number of ether oxygens (including phenoxy) is 1. The number of nitrogens with one attached hydrogen (secondary N) is 1. The second-order valence-corrected chi connectivity index (χ2v) is 6.05. The summed E-state index contributed by atoms with van der Waals surface area (Å²) in [6, 6.07) is 7.82. The molecule has 1 rings (SSSR count). The minimum absolute atomic E-state index is 0.245. The van der Waals surface area contributed by atoms with E-state index in [1.807, 2.05) is 26.2 Å². The number of esters is 1. The van der Waals surface area contributed by atoms with E-state index < -0.39 is 6.04 Å². The van der Waals surface area contributed by atoms with Crippen LogP contribution in [0, 0.1) is 5.92 Å². The molecule has 0 aliphatic rings. The Morgan fingerprint density at radius 2 is 1.86 bits per heavy atom. The lowest BCUT2D eigenvalue weighted by molar-refractivity contribution is -0.143. The predicted octanol–water partition coefficient (Wildman–Crippen LogP) is 2.25. The predicted molar refractivity (Wildman–Crippen MR) is 86.3 cm³/mol. The highest BCUT2D eigenvalue weighted by molar-refractivity contribution is 5.77. The van der Waals surface area contributed by atoms with E-state index >= 15 is 0 Å². The quantitative estimate of drug-likeness (QED) is 0.746. The number of hydrogen-bond donors (Lipinski definition) is 1. The van der Waals surface area contributed by atoms with Gasteiger partial charge in [-0.25, -0.2) is 4.79 Å². The van der Waals surface area contributed by atoms with Crippen LogP contribution in [0.3, 0.4) is 0 Å². The van der Waals surface area contributed by atoms with Crippen LogP contribution in [0.1, 0.15) is 31.0 Å². The standard InChI is InChI=1S/C17H28N2O2/c1-13(2)12-14-6-8-15(9-7-14)16(17(20)21-5)18-10-11-19(3)4/h6-9,13,16,18H,10-12H2,1-5H3. The number of carbonyl (C=O) groups excluding carboxylic acids is 1. The van der Waals surface area contributed by atoms with Crippen molar-refractivity contribution in [1.82, 2.24) is 10.2 Å². The first-order valence-corrected chi connectivity index (χ1v) is 7.48. The molecule has 4 heteroatoms. The van der Waals surface area contributed by atoms with Gasteiger partial charge in [-0.1, -0.05) is 38.1 Å². The summed E-state index contributed by atoms with van der Waals surface area (Å²) in [4.78, 5) is 14.0. The van der Waals surface area contributed by atoms with Crippen LogP contribution in [0.4, 0.5) is 0 Å². The fourth-order valence-corrected chi connectivity index (χ4v) is 2.21. The van der Waals surface area contributed by atoms with Crippen molar-refractivity contribution in [1.29, 1.82) is 0 Å². The van der Waals surface area contributed by atoms with Crippen LogP contribution < -0.4 is 5.32 Å². The number of hydrogen-bond acceptors (Lipinski definition) is 4. The molecule has 1 unspecified atom stereocenters. The maximum absolute atomic E-state index is 12.0. The van der Waals surface area contributed by atoms with E-state index in [-0.39, 0.29) is 5.97 Å². The van der Waals surface area contributed by atoms with Crippen LogP contribution in [0.15, 0.2) is 24.3 Å². The van der Waals surface area contributed by atoms with Gasteiger partial charge in [0.05, 0.1) is 7.11 Å². The summed E-state index contributed by atoms with van der Waals surface area (Å²) in [5.74, 6) is 0.385. The maximum Gasteiger partial charge on any atom is 0.327 e. The molecule has 0 radical (unpaired) electrons. The highest BCUT2D eigenvalue weighted by Gasteiger charge is 2.20. The topological polar surface area (TPSA) is 41.6 Å². The van der Waals surface area contributed by atoms with E-state index in [9.17, 15) is 4.79 Å². The molecule has 1 aromatic carbocycles. The highest BCUT2D eigenvalue weighted by atomic mass is 16.5. The van der Waals surface area contributed by atoms with E-state index in [0.717, 1.165) is 25.1 Å². The minimum Gasteiger partial charge on any atom is -0.468 e. The SMILES string of the molecule is COC(=O)C(NCCN(C)C)c1ccc(CC(C)C)cc1. The van der Waals surface area contributed by atoms with Crippen molar-refractivity contribution in [2.24, 2.45) is 5.92 Å². The largest absolute Gasteiger partial charge is 0.468 e. The van der Waals surface area contributed by atoms with Crippen LogP contribution in [0.5, 0.6) is 0 Å². The number of likely N-dealkylation sites (N-methyl/N-ethyl adjacent to an activating group) is 1. The molecule has 0 bridgehead atoms. The summed E-state index contributed by atoms with van der Waals surface area (Å²) >= 11 is 0. The molecule has 0 amide bonds. The van der Waals surface area contributed by atoms with E-state index in [4.69, 9.17) is 4.74 Å². The monoisotopic (exact) mass is 292 g/mol. The van der Waals surface area contributed by atoms with Crippen molar-refractivity contribution in [2.45, 2.75) is 26.3 Å². The summed E-state index contributed by atoms with van der Waals surface area (Å²) < 4.78 is 4.90. The Bertz CT molecular complexity index is 427. The Balaban J connectivity index is 2.75. The van der Waals surface area contributed by atoms with Crippen molar-refractivity contribution in [3.8, 4) is 0 Å². The highest BCUT2D eigenvalue weighted by Crippen LogP contribution is 2.17. The first-order chi connectivity index (χ1) is 9.93. The van der Waals surface area contributed by atoms with Crippen molar-refractivity contribution in [3.05, 3.63) is 35.4 Å². The van der Waals surface area contributed by atoms with E-state index in [1.54, 1.807) is 0 Å². The number of methoxy groups -OCH3 is 1. The van der Waals surface area contributed by atoms with Gasteiger partial charge < -0.3 is 9.64 Å². The lowest BCUT2D eigenvalue weighted by atomic mass is 9.99. The fourth-order valence-electron chi connectivity index (χ4n) is 2.21. The van der Waals surface area contributed by atoms with E-state index in [0.29, 0.717) is 5.92 Å². The smallest absolute Gasteiger partial charge is 0.327 e. The van der Waals surface area contributed by atoms with Crippen molar-refractivity contribution in [3.63, 3.8) is 0 Å². The van der Waals surface area contributed by atoms with Crippen molar-refractivity contribution < 1.29 is 9.53 Å². The van der Waals surface area contributed by atoms with Crippen LogP contribution in [-0.2, 0) is 16.0 Å². The van der Waals surface area contributed by atoms with Crippen molar-refractivity contribution >= 4 is 5.97 Å². The van der Waals surface area contributed by atoms with Gasteiger partial charge in [-0.3, -0.25) is 5.32 Å². The molecule has 0 heterocycles. The van der Waals surface area contributed by atoms with E-state index in [2.05, 4.69) is 36.2 Å². The number of rotatable bonds is 8. The Hall–Kier alpha value is -1.39. The molecular formula is C17H28N2O2. The van der Waals surface area contributed by atoms with Crippen LogP contribution in [0.2, 0.25) is 0 Å². The summed E-state index contributed by atoms with van der Waals surface area (Å²) in [5, 5.41) is 3.26. The Morgan fingerprint density at radius 1 is 1.24 bits per heavy atom. The number of nitrogens with zero attached hydrogens (tertiary/aromatic N) is 1. The first-order valence-electron chi connectivity index (χ1n) is 7.48. The molecule has 0 fully saturated rings. The molecule has 0 saturated heterocycles. The first kappa shape index (κ1) is 17.7. The molecule has 0 spiro atoms. The second-order valence-electron chi connectivity index (χ2n) is 6.05. The molecule has 0 aromatic heterocycles. The molecule has 0 aliphatic heterocycles. The Labute approximate surface area is 128 Å². The third-order valence-electron chi connectivity index (χ3n) is 3.30. The summed E-state index contributed by atoms with van der Waals surface area (Å²) in [6.07, 6.45) is 1.05. The molecule has 1 aromatic rings. The average Bonchev–Trinajstić information content (AvgIpc) is 2.43. The van der Waals surface area contributed by atoms with Crippen LogP contribution >= 0.6 is 0 Å². The van der Waals surface area contributed by atoms with Gasteiger partial charge >= 0.3 is 5.97 Å². The van der Waals surface area contributed by atoms with E-state index in [1.165, 1.54) is 12.7 Å². The number of benzene rings is 1. The van der Waals surface area contributed by atoms with Gasteiger partial charge in [0, 0.05) is 13.1 Å². The van der Waals surface area contributed by atoms with Gasteiger partial charge in [0.2, 0.25) is 0 Å². The maximum atomic E-state index is 12.0. The molecular weight excluding hydrogens is 264 g/mol. The molecule has 1 N–H and O–H groups in total. The van der Waals surface area contributed by atoms with Crippen molar-refractivity contribution in [2.75, 3.05) is 34.3 Å². The zero-order valence-corrected chi connectivity index (χ0v) is 13.8. The fraction of sp³-hybridized carbons (Fsp3) is 0.588. The zero-order chi connectivity index (χ0) is 15.8. The van der Waals surface area contributed by atoms with Gasteiger partial charge in [-0.05, 0) is 37.6 Å². The summed E-state index contributed by atoms with van der Waals surface area (Å²) in [7, 11) is 5.45. The second kappa shape index (κ2) is 8.80. The Kier molecular flexibility index (Phi) is 7.40. The zero-order valence-electron chi connectivity index (χ0n) is 13.8. The average molecular weight is 292 g/mol. The molecule has 1 atom stereocenters. The third-order valence-corrected chi connectivity index (χ3v) is 3.30. The molecule has 4 nitrogen and oxygen atoms in total. The minimum atomic E-state index is -0.400. The number of carbonyl (C=O) groups is 1. The molecule has 0 aliphatic carbocycles. The summed E-state index contributed by atoms with van der Waals surface area (Å²) in [5.41, 5.74) is 2.25. The van der Waals surface area contributed by atoms with Crippen LogP contribution in [0.25, 0.3) is 0 Å². The lowest BCUT2D eigenvalue weighted by Crippen LogP contribution is -2.34. The van der Waals surface area contributed by atoms with Crippen LogP contribution in [-0.4, -0.2) is 45.2 Å². The third kappa shape index (κ3) is 6.27. The van der Waals surface area contributed by atoms with Gasteiger partial charge in [0.1, 0.15) is 6.04 Å². The Morgan fingerprint density at radius 3 is 2.33 bits per heavy atom.